The second-order valence-corrected chi connectivity index (χ2v) is 4.87. The van der Waals surface area contributed by atoms with Gasteiger partial charge in [0.25, 0.3) is 0 Å². The summed E-state index contributed by atoms with van der Waals surface area (Å²) >= 11 is 0. The molecule has 102 valence electrons. The van der Waals surface area contributed by atoms with Crippen molar-refractivity contribution in [3.8, 4) is 0 Å². The lowest BCUT2D eigenvalue weighted by molar-refractivity contribution is 0.155. The first kappa shape index (κ1) is 13.5. The van der Waals surface area contributed by atoms with Crippen LogP contribution in [-0.2, 0) is 6.42 Å². The van der Waals surface area contributed by atoms with Crippen molar-refractivity contribution in [3.05, 3.63) is 11.7 Å². The maximum absolute atomic E-state index is 4.92. The van der Waals surface area contributed by atoms with E-state index in [0.717, 1.165) is 31.9 Å². The number of nitrogens with one attached hydrogen (secondary N) is 1. The van der Waals surface area contributed by atoms with Crippen LogP contribution in [0.1, 0.15) is 11.7 Å². The Morgan fingerprint density at radius 1 is 1.22 bits per heavy atom. The van der Waals surface area contributed by atoms with E-state index in [1.165, 1.54) is 26.2 Å². The highest BCUT2D eigenvalue weighted by atomic mass is 16.5. The van der Waals surface area contributed by atoms with Crippen LogP contribution in [0.2, 0.25) is 0 Å². The van der Waals surface area contributed by atoms with Crippen molar-refractivity contribution in [1.29, 1.82) is 0 Å². The summed E-state index contributed by atoms with van der Waals surface area (Å²) in [6.45, 7) is 9.61. The Kier molecular flexibility index (Phi) is 5.10. The van der Waals surface area contributed by atoms with Crippen LogP contribution in [0.3, 0.4) is 0 Å². The minimum Gasteiger partial charge on any atom is -0.340 e. The summed E-state index contributed by atoms with van der Waals surface area (Å²) in [4.78, 5) is 9.06. The lowest BCUT2D eigenvalue weighted by Gasteiger charge is -2.32. The minimum absolute atomic E-state index is 0.641. The smallest absolute Gasteiger partial charge is 0.223 e. The predicted octanol–water partition coefficient (Wildman–Crippen LogP) is -0.242. The average Bonchev–Trinajstić information content (AvgIpc) is 2.77. The summed E-state index contributed by atoms with van der Waals surface area (Å²) in [6.07, 6.45) is 0.833. The maximum atomic E-state index is 4.92. The summed E-state index contributed by atoms with van der Waals surface area (Å²) in [7, 11) is 2.18. The Bertz CT molecular complexity index is 346. The Labute approximate surface area is 108 Å². The molecule has 1 N–H and O–H groups in total. The van der Waals surface area contributed by atoms with Crippen molar-refractivity contribution in [1.82, 2.24) is 25.3 Å². The molecule has 1 saturated heterocycles. The largest absolute Gasteiger partial charge is 0.340 e. The molecule has 0 unspecified atom stereocenters. The highest BCUT2D eigenvalue weighted by molar-refractivity contribution is 4.84. The Morgan fingerprint density at radius 3 is 2.67 bits per heavy atom. The molecule has 2 heterocycles. The van der Waals surface area contributed by atoms with Gasteiger partial charge in [-0.05, 0) is 7.05 Å². The standard InChI is InChI=1S/C12H23N5O/c1-11-14-12(15-18-11)3-4-13-5-6-17-9-7-16(2)8-10-17/h13H,3-10H2,1-2H3. The van der Waals surface area contributed by atoms with E-state index < -0.39 is 0 Å². The Morgan fingerprint density at radius 2 is 2.00 bits per heavy atom. The molecule has 18 heavy (non-hydrogen) atoms. The van der Waals surface area contributed by atoms with Gasteiger partial charge in [-0.1, -0.05) is 5.16 Å². The number of likely N-dealkylation sites (N-methyl/N-ethyl adjacent to an activating group) is 1. The third-order valence-electron chi connectivity index (χ3n) is 3.30. The number of aryl methyl sites for hydroxylation is 1. The summed E-state index contributed by atoms with van der Waals surface area (Å²) in [6, 6.07) is 0. The third-order valence-corrected chi connectivity index (χ3v) is 3.30. The minimum atomic E-state index is 0.641. The zero-order valence-electron chi connectivity index (χ0n) is 11.4. The molecule has 0 spiro atoms. The van der Waals surface area contributed by atoms with Gasteiger partial charge in [0.15, 0.2) is 5.82 Å². The highest BCUT2D eigenvalue weighted by Gasteiger charge is 2.12. The maximum Gasteiger partial charge on any atom is 0.223 e. The van der Waals surface area contributed by atoms with Gasteiger partial charge in [0, 0.05) is 59.2 Å². The van der Waals surface area contributed by atoms with Gasteiger partial charge in [-0.2, -0.15) is 4.98 Å². The number of aromatic nitrogens is 2. The van der Waals surface area contributed by atoms with Gasteiger partial charge in [0.2, 0.25) is 5.89 Å². The van der Waals surface area contributed by atoms with Gasteiger partial charge < -0.3 is 14.7 Å². The summed E-state index contributed by atoms with van der Waals surface area (Å²) in [5.41, 5.74) is 0. The molecule has 1 fully saturated rings. The number of nitrogens with zero attached hydrogens (tertiary/aromatic N) is 4. The van der Waals surface area contributed by atoms with Crippen LogP contribution in [0.15, 0.2) is 4.52 Å². The topological polar surface area (TPSA) is 57.4 Å². The molecule has 1 aliphatic rings. The number of hydrogen-bond donors (Lipinski definition) is 1. The van der Waals surface area contributed by atoms with Crippen molar-refractivity contribution in [2.75, 3.05) is 52.9 Å². The second kappa shape index (κ2) is 6.82. The van der Waals surface area contributed by atoms with E-state index in [4.69, 9.17) is 4.52 Å². The van der Waals surface area contributed by atoms with Crippen LogP contribution < -0.4 is 5.32 Å². The summed E-state index contributed by atoms with van der Waals surface area (Å²) < 4.78 is 4.92. The molecule has 2 rings (SSSR count). The molecule has 0 amide bonds. The fourth-order valence-electron chi connectivity index (χ4n) is 2.08. The van der Waals surface area contributed by atoms with Gasteiger partial charge in [-0.3, -0.25) is 4.90 Å². The fourth-order valence-corrected chi connectivity index (χ4v) is 2.08. The number of hydrogen-bond acceptors (Lipinski definition) is 6. The molecule has 6 nitrogen and oxygen atoms in total. The van der Waals surface area contributed by atoms with E-state index in [0.29, 0.717) is 5.89 Å². The van der Waals surface area contributed by atoms with Crippen molar-refractivity contribution in [2.24, 2.45) is 0 Å². The molecule has 0 bridgehead atoms. The highest BCUT2D eigenvalue weighted by Crippen LogP contribution is 1.98. The second-order valence-electron chi connectivity index (χ2n) is 4.87. The van der Waals surface area contributed by atoms with Crippen LogP contribution >= 0.6 is 0 Å². The zero-order valence-corrected chi connectivity index (χ0v) is 11.4. The van der Waals surface area contributed by atoms with Crippen molar-refractivity contribution >= 4 is 0 Å². The molecule has 0 radical (unpaired) electrons. The van der Waals surface area contributed by atoms with Crippen molar-refractivity contribution in [2.45, 2.75) is 13.3 Å². The van der Waals surface area contributed by atoms with Gasteiger partial charge in [0.05, 0.1) is 0 Å². The van der Waals surface area contributed by atoms with Crippen LogP contribution in [0.25, 0.3) is 0 Å². The quantitative estimate of drug-likeness (QED) is 0.706. The first-order valence-corrected chi connectivity index (χ1v) is 6.65. The Hall–Kier alpha value is -0.980. The van der Waals surface area contributed by atoms with Crippen LogP contribution in [-0.4, -0.2) is 72.8 Å². The van der Waals surface area contributed by atoms with Crippen LogP contribution in [0.5, 0.6) is 0 Å². The summed E-state index contributed by atoms with van der Waals surface area (Å²) in [5, 5.41) is 7.29. The monoisotopic (exact) mass is 253 g/mol. The molecule has 0 saturated carbocycles. The molecule has 1 aromatic rings. The van der Waals surface area contributed by atoms with Crippen molar-refractivity contribution < 1.29 is 4.52 Å². The van der Waals surface area contributed by atoms with Crippen molar-refractivity contribution in [3.63, 3.8) is 0 Å². The van der Waals surface area contributed by atoms with Crippen LogP contribution in [0, 0.1) is 6.92 Å². The third kappa shape index (κ3) is 4.36. The van der Waals surface area contributed by atoms with E-state index >= 15 is 0 Å². The molecular weight excluding hydrogens is 230 g/mol. The lowest BCUT2D eigenvalue weighted by Crippen LogP contribution is -2.46. The molecule has 1 aliphatic heterocycles. The van der Waals surface area contributed by atoms with Gasteiger partial charge in [0.1, 0.15) is 0 Å². The summed E-state index contributed by atoms with van der Waals surface area (Å²) in [5.74, 6) is 1.43. The molecule has 0 atom stereocenters. The van der Waals surface area contributed by atoms with Gasteiger partial charge >= 0.3 is 0 Å². The number of rotatable bonds is 6. The van der Waals surface area contributed by atoms with Crippen LogP contribution in [0.4, 0.5) is 0 Å². The van der Waals surface area contributed by atoms with E-state index in [1.54, 1.807) is 0 Å². The molecule has 0 aliphatic carbocycles. The first-order valence-electron chi connectivity index (χ1n) is 6.65. The molecule has 0 aromatic carbocycles. The zero-order chi connectivity index (χ0) is 12.8. The first-order chi connectivity index (χ1) is 8.74. The normalized spacial score (nSPS) is 18.3. The van der Waals surface area contributed by atoms with Gasteiger partial charge in [-0.15, -0.1) is 0 Å². The Balaban J connectivity index is 1.51. The lowest BCUT2D eigenvalue weighted by atomic mass is 10.3. The molecule has 6 heteroatoms. The molecule has 1 aromatic heterocycles. The van der Waals surface area contributed by atoms with E-state index in [-0.39, 0.29) is 0 Å². The average molecular weight is 253 g/mol. The fraction of sp³-hybridized carbons (Fsp3) is 0.833. The van der Waals surface area contributed by atoms with E-state index in [2.05, 4.69) is 32.3 Å². The van der Waals surface area contributed by atoms with E-state index in [1.807, 2.05) is 6.92 Å². The SMILES string of the molecule is Cc1nc(CCNCCN2CCN(C)CC2)no1. The number of piperazine rings is 1. The molecular formula is C12H23N5O. The van der Waals surface area contributed by atoms with Gasteiger partial charge in [-0.25, -0.2) is 0 Å². The van der Waals surface area contributed by atoms with E-state index in [9.17, 15) is 0 Å². The predicted molar refractivity (Wildman–Crippen MR) is 69.5 cm³/mol.